The third-order valence-electron chi connectivity index (χ3n) is 13.6. The molecule has 0 radical (unpaired) electrons. The summed E-state index contributed by atoms with van der Waals surface area (Å²) in [6.45, 7) is 2.25. The fourth-order valence-corrected chi connectivity index (χ4v) is 10.5. The minimum atomic E-state index is 1.08. The lowest BCUT2D eigenvalue weighted by atomic mass is 9.82. The molecule has 0 unspecified atom stereocenters. The van der Waals surface area contributed by atoms with Gasteiger partial charge < -0.3 is 0 Å². The van der Waals surface area contributed by atoms with Crippen LogP contribution in [0.4, 0.5) is 0 Å². The molecule has 0 nitrogen and oxygen atoms in total. The van der Waals surface area contributed by atoms with Gasteiger partial charge in [-0.25, -0.2) is 0 Å². The Hall–Kier alpha value is -8.06. The second-order valence-corrected chi connectivity index (χ2v) is 17.4. The summed E-state index contributed by atoms with van der Waals surface area (Å²) in [6, 6.07) is 88.2. The highest BCUT2D eigenvalue weighted by molar-refractivity contribution is 6.22. The van der Waals surface area contributed by atoms with Crippen LogP contribution in [-0.4, -0.2) is 0 Å². The van der Waals surface area contributed by atoms with E-state index in [4.69, 9.17) is 0 Å². The highest BCUT2D eigenvalue weighted by Gasteiger charge is 2.21. The Morgan fingerprint density at radius 3 is 1.15 bits per heavy atom. The standard InChI is InChI=1S/C65H46/c1-2-15-43-30-32-47(33-31-43)62-41-50(36-38-56(62)54-28-13-20-45-17-5-7-22-52(45)54)64-58-24-9-11-26-60(58)65(61-27-12-10-25-59(61)64)51-37-39-57(55-29-14-21-46-18-6-8-23-53(46)55)63(42-51)49-35-34-44-16-3-4-19-48(44)40-49/h3-14,16-42H,2,15H2,1H3. The van der Waals surface area contributed by atoms with E-state index >= 15 is 0 Å². The monoisotopic (exact) mass is 826 g/mol. The van der Waals surface area contributed by atoms with Gasteiger partial charge in [0.05, 0.1) is 0 Å². The summed E-state index contributed by atoms with van der Waals surface area (Å²) >= 11 is 0. The first-order valence-corrected chi connectivity index (χ1v) is 23.0. The van der Waals surface area contributed by atoms with Crippen molar-refractivity contribution in [1.82, 2.24) is 0 Å². The van der Waals surface area contributed by atoms with Crippen LogP contribution in [0.1, 0.15) is 18.9 Å². The van der Waals surface area contributed by atoms with Crippen LogP contribution in [0.5, 0.6) is 0 Å². The lowest BCUT2D eigenvalue weighted by Gasteiger charge is -2.21. The molecule has 0 heterocycles. The molecule has 0 saturated carbocycles. The minimum Gasteiger partial charge on any atom is -0.0651 e. The largest absolute Gasteiger partial charge is 0.0651 e. The van der Waals surface area contributed by atoms with Crippen molar-refractivity contribution < 1.29 is 0 Å². The highest BCUT2D eigenvalue weighted by atomic mass is 14.2. The molecule has 0 aliphatic heterocycles. The molecule has 0 saturated heterocycles. The molecule has 65 heavy (non-hydrogen) atoms. The van der Waals surface area contributed by atoms with Crippen molar-refractivity contribution in [3.8, 4) is 66.8 Å². The number of rotatable bonds is 8. The van der Waals surface area contributed by atoms with E-state index in [2.05, 4.69) is 244 Å². The van der Waals surface area contributed by atoms with Crippen molar-refractivity contribution in [2.24, 2.45) is 0 Å². The van der Waals surface area contributed by atoms with Gasteiger partial charge in [0.15, 0.2) is 0 Å². The van der Waals surface area contributed by atoms with Gasteiger partial charge in [-0.2, -0.15) is 0 Å². The number of benzene rings is 12. The van der Waals surface area contributed by atoms with E-state index in [-0.39, 0.29) is 0 Å². The molecule has 306 valence electrons. The van der Waals surface area contributed by atoms with Gasteiger partial charge in [0.2, 0.25) is 0 Å². The third kappa shape index (κ3) is 6.78. The van der Waals surface area contributed by atoms with Crippen LogP contribution in [0.15, 0.2) is 237 Å². The summed E-state index contributed by atoms with van der Waals surface area (Å²) in [4.78, 5) is 0. The Morgan fingerprint density at radius 1 is 0.246 bits per heavy atom. The molecule has 0 aromatic heterocycles. The zero-order valence-electron chi connectivity index (χ0n) is 36.4. The minimum absolute atomic E-state index is 1.08. The smallest absolute Gasteiger partial charge is 0.00261 e. The molecule has 0 aliphatic rings. The Kier molecular flexibility index (Phi) is 9.65. The molecule has 0 N–H and O–H groups in total. The summed E-state index contributed by atoms with van der Waals surface area (Å²) in [7, 11) is 0. The molecule has 12 aromatic carbocycles. The molecule has 0 bridgehead atoms. The number of hydrogen-bond acceptors (Lipinski definition) is 0. The number of fused-ring (bicyclic) bond motifs is 5. The Labute approximate surface area is 380 Å². The second-order valence-electron chi connectivity index (χ2n) is 17.4. The van der Waals surface area contributed by atoms with E-state index in [1.165, 1.54) is 126 Å². The molecule has 12 aromatic rings. The number of hydrogen-bond donors (Lipinski definition) is 0. The van der Waals surface area contributed by atoms with Crippen LogP contribution >= 0.6 is 0 Å². The summed E-state index contributed by atoms with van der Waals surface area (Å²) in [6.07, 6.45) is 2.21. The average molecular weight is 827 g/mol. The van der Waals surface area contributed by atoms with Crippen LogP contribution in [0.3, 0.4) is 0 Å². The van der Waals surface area contributed by atoms with Crippen LogP contribution < -0.4 is 0 Å². The predicted octanol–water partition coefficient (Wildman–Crippen LogP) is 18.4. The van der Waals surface area contributed by atoms with Gasteiger partial charge in [-0.15, -0.1) is 0 Å². The lowest BCUT2D eigenvalue weighted by molar-refractivity contribution is 0.922. The van der Waals surface area contributed by atoms with Gasteiger partial charge in [-0.05, 0) is 151 Å². The molecule has 0 spiro atoms. The summed E-state index contributed by atoms with van der Waals surface area (Å²) in [5.41, 5.74) is 16.2. The Morgan fingerprint density at radius 2 is 0.646 bits per heavy atom. The molecular formula is C65H46. The SMILES string of the molecule is CCCc1ccc(-c2cc(-c3c4ccccc4c(-c4ccc(-c5cccc6ccccc56)c(-c5ccc6ccccc6c5)c4)c4ccccc34)ccc2-c2cccc3ccccc23)cc1. The van der Waals surface area contributed by atoms with Crippen molar-refractivity contribution in [3.63, 3.8) is 0 Å². The van der Waals surface area contributed by atoms with Crippen molar-refractivity contribution in [2.45, 2.75) is 19.8 Å². The zero-order valence-corrected chi connectivity index (χ0v) is 36.4. The van der Waals surface area contributed by atoms with Crippen LogP contribution in [0.25, 0.3) is 121 Å². The maximum absolute atomic E-state index is 2.45. The average Bonchev–Trinajstić information content (AvgIpc) is 3.37. The Bertz CT molecular complexity index is 3710. The van der Waals surface area contributed by atoms with E-state index in [9.17, 15) is 0 Å². The Balaban J connectivity index is 1.10. The van der Waals surface area contributed by atoms with Crippen molar-refractivity contribution in [2.75, 3.05) is 0 Å². The quantitative estimate of drug-likeness (QED) is 0.134. The summed E-state index contributed by atoms with van der Waals surface area (Å²) in [5.74, 6) is 0. The van der Waals surface area contributed by atoms with Crippen molar-refractivity contribution in [3.05, 3.63) is 242 Å². The summed E-state index contributed by atoms with van der Waals surface area (Å²) in [5, 5.41) is 12.5. The molecule has 0 fully saturated rings. The first kappa shape index (κ1) is 38.6. The first-order valence-electron chi connectivity index (χ1n) is 23.0. The van der Waals surface area contributed by atoms with Crippen molar-refractivity contribution >= 4 is 53.9 Å². The van der Waals surface area contributed by atoms with Crippen LogP contribution in [-0.2, 0) is 6.42 Å². The van der Waals surface area contributed by atoms with Gasteiger partial charge in [-0.3, -0.25) is 0 Å². The molecule has 0 atom stereocenters. The second kappa shape index (κ2) is 16.2. The van der Waals surface area contributed by atoms with Crippen LogP contribution in [0, 0.1) is 0 Å². The molecule has 0 heteroatoms. The van der Waals surface area contributed by atoms with Crippen molar-refractivity contribution in [1.29, 1.82) is 0 Å². The first-order chi connectivity index (χ1) is 32.2. The van der Waals surface area contributed by atoms with E-state index in [1.807, 2.05) is 0 Å². The van der Waals surface area contributed by atoms with Gasteiger partial charge in [0.1, 0.15) is 0 Å². The third-order valence-corrected chi connectivity index (χ3v) is 13.6. The van der Waals surface area contributed by atoms with Gasteiger partial charge in [-0.1, -0.05) is 232 Å². The maximum atomic E-state index is 2.45. The molecular weight excluding hydrogens is 781 g/mol. The fraction of sp³-hybridized carbons (Fsp3) is 0.0462. The van der Waals surface area contributed by atoms with E-state index in [0.717, 1.165) is 12.8 Å². The fourth-order valence-electron chi connectivity index (χ4n) is 10.5. The molecule has 0 amide bonds. The molecule has 0 aliphatic carbocycles. The number of aryl methyl sites for hydroxylation is 1. The van der Waals surface area contributed by atoms with Crippen LogP contribution in [0.2, 0.25) is 0 Å². The lowest BCUT2D eigenvalue weighted by Crippen LogP contribution is -1.94. The highest BCUT2D eigenvalue weighted by Crippen LogP contribution is 2.48. The predicted molar refractivity (Wildman–Crippen MR) is 281 cm³/mol. The zero-order chi connectivity index (χ0) is 43.3. The van der Waals surface area contributed by atoms with Gasteiger partial charge in [0, 0.05) is 0 Å². The maximum Gasteiger partial charge on any atom is -0.00261 e. The normalized spacial score (nSPS) is 11.6. The van der Waals surface area contributed by atoms with Gasteiger partial charge >= 0.3 is 0 Å². The van der Waals surface area contributed by atoms with E-state index in [1.54, 1.807) is 0 Å². The van der Waals surface area contributed by atoms with E-state index in [0.29, 0.717) is 0 Å². The van der Waals surface area contributed by atoms with Gasteiger partial charge in [0.25, 0.3) is 0 Å². The molecule has 12 rings (SSSR count). The van der Waals surface area contributed by atoms with E-state index < -0.39 is 0 Å². The summed E-state index contributed by atoms with van der Waals surface area (Å²) < 4.78 is 0. The topological polar surface area (TPSA) is 0 Å².